The van der Waals surface area contributed by atoms with E-state index in [1.54, 1.807) is 22.8 Å². The van der Waals surface area contributed by atoms with Crippen molar-refractivity contribution in [1.82, 2.24) is 9.80 Å². The van der Waals surface area contributed by atoms with Gasteiger partial charge in [-0.2, -0.15) is 0 Å². The van der Waals surface area contributed by atoms with Gasteiger partial charge in [-0.25, -0.2) is 0 Å². The maximum absolute atomic E-state index is 13.0. The van der Waals surface area contributed by atoms with Crippen LogP contribution < -0.4 is 4.74 Å². The minimum Gasteiger partial charge on any atom is -0.494 e. The van der Waals surface area contributed by atoms with E-state index in [1.807, 2.05) is 43.3 Å². The number of amides is 2. The molecule has 2 aliphatic rings. The van der Waals surface area contributed by atoms with Gasteiger partial charge in [0.25, 0.3) is 5.91 Å². The number of benzene rings is 2. The number of piperazine rings is 1. The molecule has 2 heterocycles. The first-order chi connectivity index (χ1) is 17.4. The minimum absolute atomic E-state index is 0.0264. The summed E-state index contributed by atoms with van der Waals surface area (Å²) in [6, 6.07) is 13.4. The van der Waals surface area contributed by atoms with Gasteiger partial charge in [0, 0.05) is 43.6 Å². The summed E-state index contributed by atoms with van der Waals surface area (Å²) in [5.74, 6) is 0.691. The number of ether oxygens (including phenoxy) is 3. The first-order valence-electron chi connectivity index (χ1n) is 12.0. The number of halogens is 1. The highest BCUT2D eigenvalue weighted by Crippen LogP contribution is 2.37. The van der Waals surface area contributed by atoms with Crippen molar-refractivity contribution < 1.29 is 23.8 Å². The lowest BCUT2D eigenvalue weighted by atomic mass is 10.1. The lowest BCUT2D eigenvalue weighted by molar-refractivity contribution is -0.135. The SMILES string of the molecule is C=C(C(=O)N1CCN(C(C)=O)CC1)c1ccc(SC2COCC(c3cccc(OCC)c3)O2)c(Cl)c1. The lowest BCUT2D eigenvalue weighted by Gasteiger charge is -2.34. The summed E-state index contributed by atoms with van der Waals surface area (Å²) in [5.41, 5.74) is 1.84. The molecule has 192 valence electrons. The third-order valence-corrected chi connectivity index (χ3v) is 7.73. The van der Waals surface area contributed by atoms with Gasteiger partial charge in [-0.1, -0.05) is 48.1 Å². The van der Waals surface area contributed by atoms with Crippen molar-refractivity contribution in [2.24, 2.45) is 0 Å². The summed E-state index contributed by atoms with van der Waals surface area (Å²) in [6.07, 6.45) is -0.199. The second-order valence-electron chi connectivity index (χ2n) is 8.64. The average molecular weight is 531 g/mol. The van der Waals surface area contributed by atoms with Crippen molar-refractivity contribution in [2.45, 2.75) is 30.3 Å². The van der Waals surface area contributed by atoms with Gasteiger partial charge in [-0.15, -0.1) is 0 Å². The zero-order valence-corrected chi connectivity index (χ0v) is 22.1. The summed E-state index contributed by atoms with van der Waals surface area (Å²) < 4.78 is 17.7. The summed E-state index contributed by atoms with van der Waals surface area (Å²) in [5, 5.41) is 0.525. The smallest absolute Gasteiger partial charge is 0.253 e. The molecule has 0 N–H and O–H groups in total. The van der Waals surface area contributed by atoms with E-state index < -0.39 is 0 Å². The Morgan fingerprint density at radius 1 is 1.11 bits per heavy atom. The van der Waals surface area contributed by atoms with Crippen LogP contribution in [0.4, 0.5) is 0 Å². The van der Waals surface area contributed by atoms with E-state index in [0.717, 1.165) is 16.2 Å². The maximum Gasteiger partial charge on any atom is 0.253 e. The number of nitrogens with zero attached hydrogens (tertiary/aromatic N) is 2. The van der Waals surface area contributed by atoms with Crippen LogP contribution in [0.1, 0.15) is 31.1 Å². The molecule has 0 bridgehead atoms. The van der Waals surface area contributed by atoms with E-state index in [1.165, 1.54) is 11.8 Å². The third-order valence-electron chi connectivity index (χ3n) is 6.19. The molecule has 0 spiro atoms. The molecule has 2 unspecified atom stereocenters. The summed E-state index contributed by atoms with van der Waals surface area (Å²) in [4.78, 5) is 28.8. The molecule has 2 fully saturated rings. The van der Waals surface area contributed by atoms with E-state index in [4.69, 9.17) is 25.8 Å². The van der Waals surface area contributed by atoms with Crippen molar-refractivity contribution in [3.05, 3.63) is 65.2 Å². The second-order valence-corrected chi connectivity index (χ2v) is 10.2. The minimum atomic E-state index is -0.231. The summed E-state index contributed by atoms with van der Waals surface area (Å²) >= 11 is 8.09. The van der Waals surface area contributed by atoms with E-state index in [0.29, 0.717) is 62.2 Å². The Labute approximate surface area is 221 Å². The van der Waals surface area contributed by atoms with Gasteiger partial charge in [0.05, 0.1) is 24.8 Å². The average Bonchev–Trinajstić information content (AvgIpc) is 2.89. The largest absolute Gasteiger partial charge is 0.494 e. The molecular formula is C27H31ClN2O5S. The van der Waals surface area contributed by atoms with Gasteiger partial charge < -0.3 is 24.0 Å². The molecule has 2 aromatic carbocycles. The van der Waals surface area contributed by atoms with Crippen LogP contribution in [0.15, 0.2) is 53.9 Å². The Kier molecular flexibility index (Phi) is 8.95. The van der Waals surface area contributed by atoms with Crippen molar-refractivity contribution in [3.63, 3.8) is 0 Å². The van der Waals surface area contributed by atoms with Crippen molar-refractivity contribution in [2.75, 3.05) is 46.0 Å². The predicted octanol–water partition coefficient (Wildman–Crippen LogP) is 4.65. The van der Waals surface area contributed by atoms with Crippen LogP contribution in [-0.2, 0) is 19.1 Å². The number of carbonyl (C=O) groups excluding carboxylic acids is 2. The van der Waals surface area contributed by atoms with Gasteiger partial charge >= 0.3 is 0 Å². The molecule has 9 heteroatoms. The normalized spacial score (nSPS) is 20.2. The monoisotopic (exact) mass is 530 g/mol. The molecule has 0 saturated carbocycles. The maximum atomic E-state index is 13.0. The molecule has 2 aliphatic heterocycles. The van der Waals surface area contributed by atoms with E-state index in [-0.39, 0.29) is 23.4 Å². The fraction of sp³-hybridized carbons (Fsp3) is 0.407. The summed E-state index contributed by atoms with van der Waals surface area (Å²) in [6.45, 7) is 11.1. The van der Waals surface area contributed by atoms with Gasteiger partial charge in [0.2, 0.25) is 5.91 Å². The number of thioether (sulfide) groups is 1. The first-order valence-corrected chi connectivity index (χ1v) is 13.3. The predicted molar refractivity (Wildman–Crippen MR) is 141 cm³/mol. The van der Waals surface area contributed by atoms with Gasteiger partial charge in [0.1, 0.15) is 17.3 Å². The van der Waals surface area contributed by atoms with Crippen LogP contribution >= 0.6 is 23.4 Å². The van der Waals surface area contributed by atoms with E-state index >= 15 is 0 Å². The van der Waals surface area contributed by atoms with Crippen LogP contribution in [0.3, 0.4) is 0 Å². The van der Waals surface area contributed by atoms with Crippen LogP contribution in [0.5, 0.6) is 5.75 Å². The topological polar surface area (TPSA) is 68.3 Å². The standard InChI is InChI=1S/C27H31ClN2O5S/c1-4-34-22-7-5-6-21(14-22)24-16-33-17-26(35-24)36-25-9-8-20(15-23(25)28)18(2)27(32)30-12-10-29(11-13-30)19(3)31/h5-9,14-15,24,26H,2,4,10-13,16-17H2,1,3H3. The molecule has 7 nitrogen and oxygen atoms in total. The Morgan fingerprint density at radius 3 is 2.56 bits per heavy atom. The Balaban J connectivity index is 1.37. The van der Waals surface area contributed by atoms with Crippen LogP contribution in [0, 0.1) is 0 Å². The Bertz CT molecular complexity index is 1120. The van der Waals surface area contributed by atoms with Crippen molar-refractivity contribution >= 4 is 40.8 Å². The zero-order chi connectivity index (χ0) is 25.7. The fourth-order valence-electron chi connectivity index (χ4n) is 4.21. The number of hydrogen-bond donors (Lipinski definition) is 0. The highest BCUT2D eigenvalue weighted by atomic mass is 35.5. The molecule has 4 rings (SSSR count). The highest BCUT2D eigenvalue weighted by molar-refractivity contribution is 8.00. The third kappa shape index (κ3) is 6.42. The van der Waals surface area contributed by atoms with Crippen LogP contribution in [0.25, 0.3) is 5.57 Å². The van der Waals surface area contributed by atoms with Crippen LogP contribution in [-0.4, -0.2) is 73.0 Å². The molecule has 2 amide bonds. The molecule has 0 aliphatic carbocycles. The number of hydrogen-bond acceptors (Lipinski definition) is 6. The molecule has 0 radical (unpaired) electrons. The fourth-order valence-corrected chi connectivity index (χ4v) is 5.47. The van der Waals surface area contributed by atoms with Crippen LogP contribution in [0.2, 0.25) is 5.02 Å². The molecule has 2 aromatic rings. The lowest BCUT2D eigenvalue weighted by Crippen LogP contribution is -2.50. The number of rotatable bonds is 7. The van der Waals surface area contributed by atoms with Crippen molar-refractivity contribution in [1.29, 1.82) is 0 Å². The Hall–Kier alpha value is -2.52. The molecule has 0 aromatic heterocycles. The van der Waals surface area contributed by atoms with Gasteiger partial charge in [-0.05, 0) is 42.3 Å². The first kappa shape index (κ1) is 26.5. The van der Waals surface area contributed by atoms with Gasteiger partial charge in [0.15, 0.2) is 0 Å². The molecular weight excluding hydrogens is 500 g/mol. The Morgan fingerprint density at radius 2 is 1.86 bits per heavy atom. The van der Waals surface area contributed by atoms with Crippen molar-refractivity contribution in [3.8, 4) is 5.75 Å². The second kappa shape index (κ2) is 12.1. The number of carbonyl (C=O) groups is 2. The molecule has 36 heavy (non-hydrogen) atoms. The molecule has 2 atom stereocenters. The molecule has 2 saturated heterocycles. The highest BCUT2D eigenvalue weighted by Gasteiger charge is 2.27. The summed E-state index contributed by atoms with van der Waals surface area (Å²) in [7, 11) is 0. The van der Waals surface area contributed by atoms with E-state index in [9.17, 15) is 9.59 Å². The van der Waals surface area contributed by atoms with E-state index in [2.05, 4.69) is 6.58 Å². The zero-order valence-electron chi connectivity index (χ0n) is 20.6. The quantitative estimate of drug-likeness (QED) is 0.485. The van der Waals surface area contributed by atoms with Gasteiger partial charge in [-0.3, -0.25) is 9.59 Å².